The summed E-state index contributed by atoms with van der Waals surface area (Å²) < 4.78 is 0. The van der Waals surface area contributed by atoms with Crippen LogP contribution < -0.4 is 0 Å². The topological polar surface area (TPSA) is 34.1 Å². The summed E-state index contributed by atoms with van der Waals surface area (Å²) in [7, 11) is 0. The highest BCUT2D eigenvalue weighted by atomic mass is 35.5. The predicted molar refractivity (Wildman–Crippen MR) is 108 cm³/mol. The zero-order chi connectivity index (χ0) is 18.3. The highest BCUT2D eigenvalue weighted by Gasteiger charge is 2.20. The maximum Gasteiger partial charge on any atom is 0.152 e. The van der Waals surface area contributed by atoms with Gasteiger partial charge in [0.05, 0.1) is 10.0 Å². The van der Waals surface area contributed by atoms with Crippen molar-refractivity contribution in [3.63, 3.8) is 0 Å². The molecule has 0 radical (unpaired) electrons. The van der Waals surface area contributed by atoms with Gasteiger partial charge in [0.1, 0.15) is 0 Å². The molecule has 0 saturated heterocycles. The maximum absolute atomic E-state index is 11.9. The molecule has 0 heterocycles. The van der Waals surface area contributed by atoms with Gasteiger partial charge in [0.15, 0.2) is 12.6 Å². The van der Waals surface area contributed by atoms with Crippen molar-refractivity contribution in [3.8, 4) is 11.1 Å². The number of carbonyl (C=O) groups is 2. The summed E-state index contributed by atoms with van der Waals surface area (Å²) in [6.45, 7) is 0. The zero-order valence-corrected chi connectivity index (χ0v) is 15.0. The van der Waals surface area contributed by atoms with Crippen LogP contribution >= 0.6 is 23.2 Å². The monoisotopic (exact) mass is 378 g/mol. The van der Waals surface area contributed by atoms with E-state index >= 15 is 0 Å². The summed E-state index contributed by atoms with van der Waals surface area (Å²) in [5.41, 5.74) is 1.95. The van der Waals surface area contributed by atoms with Crippen LogP contribution in [0.15, 0.2) is 60.7 Å². The Balaban J connectivity index is 2.31. The second kappa shape index (κ2) is 6.56. The Morgan fingerprint density at radius 1 is 0.615 bits per heavy atom. The lowest BCUT2D eigenvalue weighted by molar-refractivity contribution is 0.111. The predicted octanol–water partition coefficient (Wildman–Crippen LogP) is 6.59. The first-order chi connectivity index (χ1) is 12.7. The molecule has 4 aromatic rings. The van der Waals surface area contributed by atoms with Crippen LogP contribution in [0.3, 0.4) is 0 Å². The van der Waals surface area contributed by atoms with Crippen molar-refractivity contribution in [2.75, 3.05) is 0 Å². The Kier molecular flexibility index (Phi) is 4.23. The molecule has 0 atom stereocenters. The molecule has 126 valence electrons. The van der Waals surface area contributed by atoms with E-state index in [0.29, 0.717) is 32.3 Å². The summed E-state index contributed by atoms with van der Waals surface area (Å²) in [6.07, 6.45) is 1.46. The zero-order valence-electron chi connectivity index (χ0n) is 13.5. The Hall–Kier alpha value is -2.68. The molecule has 0 aliphatic heterocycles. The maximum atomic E-state index is 11.9. The average molecular weight is 379 g/mol. The third kappa shape index (κ3) is 2.50. The molecule has 0 N–H and O–H groups in total. The van der Waals surface area contributed by atoms with Gasteiger partial charge in [0.2, 0.25) is 0 Å². The van der Waals surface area contributed by atoms with Gasteiger partial charge in [-0.1, -0.05) is 71.7 Å². The summed E-state index contributed by atoms with van der Waals surface area (Å²) in [4.78, 5) is 23.8. The number of benzene rings is 4. The fourth-order valence-electron chi connectivity index (χ4n) is 3.43. The number of halogens is 2. The molecule has 2 nitrogen and oxygen atoms in total. The minimum Gasteiger partial charge on any atom is -0.298 e. The van der Waals surface area contributed by atoms with E-state index in [4.69, 9.17) is 23.2 Å². The molecule has 0 aliphatic carbocycles. The van der Waals surface area contributed by atoms with Gasteiger partial charge in [-0.15, -0.1) is 0 Å². The van der Waals surface area contributed by atoms with Crippen molar-refractivity contribution in [1.29, 1.82) is 0 Å². The molecule has 0 fully saturated rings. The Morgan fingerprint density at radius 2 is 1.00 bits per heavy atom. The Morgan fingerprint density at radius 3 is 1.38 bits per heavy atom. The molecule has 0 amide bonds. The van der Waals surface area contributed by atoms with Crippen LogP contribution in [0.2, 0.25) is 10.0 Å². The van der Waals surface area contributed by atoms with E-state index < -0.39 is 0 Å². The number of rotatable bonds is 3. The minimum atomic E-state index is 0.342. The molecule has 26 heavy (non-hydrogen) atoms. The van der Waals surface area contributed by atoms with Crippen LogP contribution in [0.4, 0.5) is 0 Å². The average Bonchev–Trinajstić information content (AvgIpc) is 2.66. The van der Waals surface area contributed by atoms with Gasteiger partial charge in [-0.25, -0.2) is 0 Å². The van der Waals surface area contributed by atoms with E-state index in [1.54, 1.807) is 12.1 Å². The first kappa shape index (κ1) is 16.8. The number of carbonyl (C=O) groups excluding carboxylic acids is 2. The van der Waals surface area contributed by atoms with Crippen molar-refractivity contribution in [3.05, 3.63) is 81.8 Å². The number of hydrogen-bond acceptors (Lipinski definition) is 2. The van der Waals surface area contributed by atoms with E-state index in [0.717, 1.165) is 34.1 Å². The minimum absolute atomic E-state index is 0.342. The molecule has 0 aliphatic rings. The normalized spacial score (nSPS) is 11.0. The van der Waals surface area contributed by atoms with Gasteiger partial charge in [-0.2, -0.15) is 0 Å². The Labute approximate surface area is 160 Å². The fourth-order valence-corrected chi connectivity index (χ4v) is 3.94. The van der Waals surface area contributed by atoms with E-state index in [1.807, 2.05) is 48.5 Å². The van der Waals surface area contributed by atoms with Crippen molar-refractivity contribution >= 4 is 57.3 Å². The first-order valence-electron chi connectivity index (χ1n) is 7.99. The second-order valence-electron chi connectivity index (χ2n) is 5.97. The van der Waals surface area contributed by atoms with E-state index in [9.17, 15) is 9.59 Å². The van der Waals surface area contributed by atoms with Gasteiger partial charge in [0, 0.05) is 22.3 Å². The standard InChI is InChI=1S/C22H12Cl2O2/c23-19-9-13-5-1-3-7-15(13)21(17(19)11-25)22-16-8-4-2-6-14(16)10-20(24)18(22)12-26/h1-12H. The van der Waals surface area contributed by atoms with Gasteiger partial charge in [-0.3, -0.25) is 9.59 Å². The number of aldehydes is 2. The SMILES string of the molecule is O=Cc1c(Cl)cc2ccccc2c1-c1c(C=O)c(Cl)cc2ccccc12. The molecule has 0 bridgehead atoms. The molecule has 4 aromatic carbocycles. The van der Waals surface area contributed by atoms with Crippen LogP contribution in [0.5, 0.6) is 0 Å². The summed E-state index contributed by atoms with van der Waals surface area (Å²) in [5.74, 6) is 0. The number of hydrogen-bond donors (Lipinski definition) is 0. The third-order valence-electron chi connectivity index (χ3n) is 4.56. The van der Waals surface area contributed by atoms with Crippen molar-refractivity contribution in [1.82, 2.24) is 0 Å². The smallest absolute Gasteiger partial charge is 0.152 e. The first-order valence-corrected chi connectivity index (χ1v) is 8.74. The van der Waals surface area contributed by atoms with Crippen LogP contribution in [0, 0.1) is 0 Å². The van der Waals surface area contributed by atoms with Crippen molar-refractivity contribution in [2.24, 2.45) is 0 Å². The molecule has 4 rings (SSSR count). The van der Waals surface area contributed by atoms with E-state index in [2.05, 4.69) is 0 Å². The van der Waals surface area contributed by atoms with Crippen LogP contribution in [-0.4, -0.2) is 12.6 Å². The lowest BCUT2D eigenvalue weighted by atomic mass is 9.87. The van der Waals surface area contributed by atoms with Crippen molar-refractivity contribution in [2.45, 2.75) is 0 Å². The Bertz CT molecular complexity index is 1100. The molecule has 4 heteroatoms. The lowest BCUT2D eigenvalue weighted by Gasteiger charge is -2.17. The molecular weight excluding hydrogens is 367 g/mol. The van der Waals surface area contributed by atoms with E-state index in [-0.39, 0.29) is 0 Å². The quantitative estimate of drug-likeness (QED) is 0.376. The molecule has 0 spiro atoms. The van der Waals surface area contributed by atoms with Gasteiger partial charge in [-0.05, 0) is 33.7 Å². The fraction of sp³-hybridized carbons (Fsp3) is 0. The molecule has 0 aromatic heterocycles. The second-order valence-corrected chi connectivity index (χ2v) is 6.79. The van der Waals surface area contributed by atoms with Crippen LogP contribution in [0.1, 0.15) is 20.7 Å². The summed E-state index contributed by atoms with van der Waals surface area (Å²) in [5, 5.41) is 4.14. The summed E-state index contributed by atoms with van der Waals surface area (Å²) >= 11 is 12.8. The highest BCUT2D eigenvalue weighted by molar-refractivity contribution is 6.37. The van der Waals surface area contributed by atoms with Gasteiger partial charge >= 0.3 is 0 Å². The molecule has 0 unspecified atom stereocenters. The third-order valence-corrected chi connectivity index (χ3v) is 5.19. The van der Waals surface area contributed by atoms with Gasteiger partial charge < -0.3 is 0 Å². The lowest BCUT2D eigenvalue weighted by Crippen LogP contribution is -1.98. The largest absolute Gasteiger partial charge is 0.298 e. The van der Waals surface area contributed by atoms with Crippen LogP contribution in [-0.2, 0) is 0 Å². The molecular formula is C22H12Cl2O2. The summed E-state index contributed by atoms with van der Waals surface area (Å²) in [6, 6.07) is 18.8. The van der Waals surface area contributed by atoms with Crippen LogP contribution in [0.25, 0.3) is 32.7 Å². The van der Waals surface area contributed by atoms with Crippen molar-refractivity contribution < 1.29 is 9.59 Å². The van der Waals surface area contributed by atoms with Gasteiger partial charge in [0.25, 0.3) is 0 Å². The molecule has 0 saturated carbocycles. The number of fused-ring (bicyclic) bond motifs is 2. The van der Waals surface area contributed by atoms with E-state index in [1.165, 1.54) is 0 Å². The highest BCUT2D eigenvalue weighted by Crippen LogP contribution is 2.42.